The van der Waals surface area contributed by atoms with Crippen molar-refractivity contribution in [3.05, 3.63) is 80.5 Å². The van der Waals surface area contributed by atoms with Crippen LogP contribution in [0.2, 0.25) is 10.0 Å². The van der Waals surface area contributed by atoms with Crippen LogP contribution in [0.5, 0.6) is 0 Å². The zero-order chi connectivity index (χ0) is 19.4. The first-order valence-corrected chi connectivity index (χ1v) is 8.98. The Hall–Kier alpha value is -2.64. The summed E-state index contributed by atoms with van der Waals surface area (Å²) in [5.41, 5.74) is 0.0909. The molecular weight excluding hydrogens is 389 g/mol. The summed E-state index contributed by atoms with van der Waals surface area (Å²) in [7, 11) is 0. The number of nitrogens with one attached hydrogen (secondary N) is 2. The summed E-state index contributed by atoms with van der Waals surface area (Å²) < 4.78 is 1.86. The van der Waals surface area contributed by atoms with E-state index in [1.54, 1.807) is 36.9 Å². The van der Waals surface area contributed by atoms with Gasteiger partial charge in [-0.25, -0.2) is 9.97 Å². The first kappa shape index (κ1) is 19.1. The average molecular weight is 406 g/mol. The molecule has 1 atom stereocenters. The van der Waals surface area contributed by atoms with Gasteiger partial charge in [-0.1, -0.05) is 29.3 Å². The third-order valence-corrected chi connectivity index (χ3v) is 4.80. The molecule has 0 bridgehead atoms. The molecule has 3 aromatic rings. The van der Waals surface area contributed by atoms with E-state index in [2.05, 4.69) is 20.3 Å². The molecule has 2 heterocycles. The quantitative estimate of drug-likeness (QED) is 0.659. The monoisotopic (exact) mass is 405 g/mol. The Balaban J connectivity index is 1.69. The summed E-state index contributed by atoms with van der Waals surface area (Å²) in [6.07, 6.45) is 6.65. The van der Waals surface area contributed by atoms with Gasteiger partial charge in [-0.05, 0) is 24.6 Å². The lowest BCUT2D eigenvalue weighted by atomic mass is 10.1. The Bertz CT molecular complexity index is 981. The number of benzene rings is 1. The minimum atomic E-state index is -0.518. The van der Waals surface area contributed by atoms with Gasteiger partial charge in [0.05, 0.1) is 6.33 Å². The average Bonchev–Trinajstić information content (AvgIpc) is 3.17. The summed E-state index contributed by atoms with van der Waals surface area (Å²) in [6, 6.07) is 5.17. The van der Waals surface area contributed by atoms with E-state index >= 15 is 0 Å². The number of hydrogen-bond acceptors (Lipinski definition) is 4. The number of halogens is 2. The van der Waals surface area contributed by atoms with Gasteiger partial charge in [0.1, 0.15) is 11.4 Å². The van der Waals surface area contributed by atoms with Gasteiger partial charge in [0.15, 0.2) is 0 Å². The largest absolute Gasteiger partial charge is 0.350 e. The van der Waals surface area contributed by atoms with Crippen LogP contribution < -0.4 is 10.9 Å². The Morgan fingerprint density at radius 1 is 1.33 bits per heavy atom. The highest BCUT2D eigenvalue weighted by Crippen LogP contribution is 2.25. The fourth-order valence-electron chi connectivity index (χ4n) is 2.52. The number of rotatable bonds is 6. The van der Waals surface area contributed by atoms with Gasteiger partial charge in [0.2, 0.25) is 0 Å². The molecule has 2 aromatic heterocycles. The van der Waals surface area contributed by atoms with Gasteiger partial charge >= 0.3 is 0 Å². The van der Waals surface area contributed by atoms with Crippen molar-refractivity contribution in [3.8, 4) is 0 Å². The van der Waals surface area contributed by atoms with E-state index in [4.69, 9.17) is 23.2 Å². The highest BCUT2D eigenvalue weighted by molar-refractivity contribution is 6.36. The normalized spacial score (nSPS) is 12.0. The highest BCUT2D eigenvalue weighted by atomic mass is 35.5. The molecule has 0 saturated carbocycles. The van der Waals surface area contributed by atoms with Crippen molar-refractivity contribution in [3.63, 3.8) is 0 Å². The molecule has 0 radical (unpaired) electrons. The van der Waals surface area contributed by atoms with E-state index in [1.807, 2.05) is 11.5 Å². The minimum Gasteiger partial charge on any atom is -0.350 e. The number of nitrogens with zero attached hydrogens (tertiary/aromatic N) is 3. The zero-order valence-electron chi connectivity index (χ0n) is 14.4. The number of amides is 1. The fourth-order valence-corrected chi connectivity index (χ4v) is 3.05. The zero-order valence-corrected chi connectivity index (χ0v) is 16.0. The number of aromatic amines is 1. The van der Waals surface area contributed by atoms with Gasteiger partial charge < -0.3 is 14.9 Å². The van der Waals surface area contributed by atoms with Crippen LogP contribution >= 0.6 is 23.2 Å². The maximum Gasteiger partial charge on any atom is 0.263 e. The second kappa shape index (κ2) is 8.37. The standard InChI is InChI=1S/C18H17Cl2N5O2/c1-11(25-6-5-21-10-25)8-23-17(26)13-9-22-16(24-18(13)27)7-12-14(19)3-2-4-15(12)20/h2-6,9-11H,7-8H2,1H3,(H,23,26)(H,22,24,27). The first-order chi connectivity index (χ1) is 13.0. The van der Waals surface area contributed by atoms with E-state index in [-0.39, 0.29) is 18.0 Å². The second-order valence-corrected chi connectivity index (χ2v) is 6.83. The van der Waals surface area contributed by atoms with E-state index in [0.29, 0.717) is 28.0 Å². The van der Waals surface area contributed by atoms with Crippen LogP contribution in [0, 0.1) is 0 Å². The van der Waals surface area contributed by atoms with E-state index in [9.17, 15) is 9.59 Å². The van der Waals surface area contributed by atoms with E-state index < -0.39 is 11.5 Å². The highest BCUT2D eigenvalue weighted by Gasteiger charge is 2.15. The molecule has 0 saturated heterocycles. The van der Waals surface area contributed by atoms with E-state index in [0.717, 1.165) is 0 Å². The lowest BCUT2D eigenvalue weighted by Gasteiger charge is -2.13. The van der Waals surface area contributed by atoms with Crippen LogP contribution in [0.1, 0.15) is 34.7 Å². The summed E-state index contributed by atoms with van der Waals surface area (Å²) >= 11 is 12.3. The lowest BCUT2D eigenvalue weighted by Crippen LogP contribution is -2.33. The number of carbonyl (C=O) groups is 1. The molecule has 27 heavy (non-hydrogen) atoms. The summed E-state index contributed by atoms with van der Waals surface area (Å²) in [6.45, 7) is 2.28. The molecule has 1 unspecified atom stereocenters. The Morgan fingerprint density at radius 3 is 2.70 bits per heavy atom. The van der Waals surface area contributed by atoms with Crippen molar-refractivity contribution in [2.75, 3.05) is 6.54 Å². The summed E-state index contributed by atoms with van der Waals surface area (Å²) in [5.74, 6) is -0.114. The van der Waals surface area contributed by atoms with Crippen LogP contribution in [0.15, 0.2) is 47.9 Å². The Labute approximate surface area is 165 Å². The van der Waals surface area contributed by atoms with Crippen molar-refractivity contribution in [2.24, 2.45) is 0 Å². The van der Waals surface area contributed by atoms with Gasteiger partial charge in [0.25, 0.3) is 11.5 Å². The Kier molecular flexibility index (Phi) is 5.93. The Morgan fingerprint density at radius 2 is 2.07 bits per heavy atom. The molecule has 7 nitrogen and oxygen atoms in total. The summed E-state index contributed by atoms with van der Waals surface area (Å²) in [4.78, 5) is 35.3. The molecule has 0 fully saturated rings. The number of imidazole rings is 1. The maximum atomic E-state index is 12.3. The smallest absolute Gasteiger partial charge is 0.263 e. The molecule has 1 aromatic carbocycles. The SMILES string of the molecule is CC(CNC(=O)c1cnc(Cc2c(Cl)cccc2Cl)[nH]c1=O)n1ccnc1. The van der Waals surface area contributed by atoms with Gasteiger partial charge in [0, 0.05) is 47.6 Å². The van der Waals surface area contributed by atoms with Crippen molar-refractivity contribution >= 4 is 29.1 Å². The predicted octanol–water partition coefficient (Wildman–Crippen LogP) is 2.86. The maximum absolute atomic E-state index is 12.3. The van der Waals surface area contributed by atoms with Gasteiger partial charge in [-0.2, -0.15) is 0 Å². The minimum absolute atomic E-state index is 0.00475. The number of hydrogen-bond donors (Lipinski definition) is 2. The predicted molar refractivity (Wildman–Crippen MR) is 103 cm³/mol. The van der Waals surface area contributed by atoms with Crippen molar-refractivity contribution in [1.29, 1.82) is 0 Å². The molecule has 0 aliphatic heterocycles. The molecule has 3 rings (SSSR count). The number of carbonyl (C=O) groups excluding carboxylic acids is 1. The molecule has 0 aliphatic rings. The van der Waals surface area contributed by atoms with Crippen LogP contribution in [-0.2, 0) is 6.42 Å². The van der Waals surface area contributed by atoms with Crippen LogP contribution in [0.25, 0.3) is 0 Å². The van der Waals surface area contributed by atoms with Crippen molar-refractivity contribution < 1.29 is 4.79 Å². The van der Waals surface area contributed by atoms with Crippen molar-refractivity contribution in [1.82, 2.24) is 24.8 Å². The third-order valence-electron chi connectivity index (χ3n) is 4.09. The lowest BCUT2D eigenvalue weighted by molar-refractivity contribution is 0.0946. The van der Waals surface area contributed by atoms with Gasteiger partial charge in [-0.15, -0.1) is 0 Å². The van der Waals surface area contributed by atoms with E-state index in [1.165, 1.54) is 6.20 Å². The molecule has 9 heteroatoms. The first-order valence-electron chi connectivity index (χ1n) is 8.22. The van der Waals surface area contributed by atoms with Crippen LogP contribution in [-0.4, -0.2) is 32.0 Å². The van der Waals surface area contributed by atoms with Crippen LogP contribution in [0.3, 0.4) is 0 Å². The molecule has 0 aliphatic carbocycles. The van der Waals surface area contributed by atoms with Crippen molar-refractivity contribution in [2.45, 2.75) is 19.4 Å². The second-order valence-electron chi connectivity index (χ2n) is 6.02. The molecular formula is C18H17Cl2N5O2. The van der Waals surface area contributed by atoms with Crippen LogP contribution in [0.4, 0.5) is 0 Å². The number of H-pyrrole nitrogens is 1. The molecule has 140 valence electrons. The topological polar surface area (TPSA) is 92.7 Å². The third kappa shape index (κ3) is 4.56. The molecule has 1 amide bonds. The fraction of sp³-hybridized carbons (Fsp3) is 0.222. The summed E-state index contributed by atoms with van der Waals surface area (Å²) in [5, 5.41) is 3.70. The molecule has 2 N–H and O–H groups in total. The number of aromatic nitrogens is 4. The van der Waals surface area contributed by atoms with Gasteiger partial charge in [-0.3, -0.25) is 9.59 Å². The molecule has 0 spiro atoms.